The Morgan fingerprint density at radius 2 is 1.12 bits per heavy atom. The molecule has 196 valence electrons. The number of fused-ring (bicyclic) bond motifs is 1. The molecule has 1 aliphatic carbocycles. The maximum atomic E-state index is 5.25. The molecule has 2 fully saturated rings. The van der Waals surface area contributed by atoms with Crippen LogP contribution in [0.2, 0.25) is 0 Å². The van der Waals surface area contributed by atoms with Gasteiger partial charge in [-0.25, -0.2) is 0 Å². The van der Waals surface area contributed by atoms with Crippen molar-refractivity contribution in [2.75, 3.05) is 39.4 Å². The summed E-state index contributed by atoms with van der Waals surface area (Å²) in [6, 6.07) is 8.49. The fraction of sp³-hybridized carbons (Fsp3) is 0.742. The third-order valence-corrected chi connectivity index (χ3v) is 5.95. The van der Waals surface area contributed by atoms with Gasteiger partial charge in [0.15, 0.2) is 0 Å². The Bertz CT molecular complexity index is 657. The minimum atomic E-state index is 0.323. The number of morpholine rings is 1. The second-order valence-electron chi connectivity index (χ2n) is 13.3. The molecule has 2 heterocycles. The van der Waals surface area contributed by atoms with Crippen LogP contribution in [0.5, 0.6) is 0 Å². The molecule has 3 heteroatoms. The zero-order valence-electron chi connectivity index (χ0n) is 24.3. The van der Waals surface area contributed by atoms with E-state index in [0.29, 0.717) is 16.5 Å². The lowest BCUT2D eigenvalue weighted by atomic mass is 10.0. The van der Waals surface area contributed by atoms with E-state index < -0.39 is 0 Å². The van der Waals surface area contributed by atoms with Crippen LogP contribution < -0.4 is 0 Å². The molecule has 34 heavy (non-hydrogen) atoms. The normalized spacial score (nSPS) is 19.0. The Morgan fingerprint density at radius 3 is 1.53 bits per heavy atom. The van der Waals surface area contributed by atoms with E-state index in [9.17, 15) is 0 Å². The van der Waals surface area contributed by atoms with Crippen LogP contribution in [0.4, 0.5) is 0 Å². The molecule has 1 aromatic rings. The van der Waals surface area contributed by atoms with Gasteiger partial charge >= 0.3 is 0 Å². The quantitative estimate of drug-likeness (QED) is 0.385. The van der Waals surface area contributed by atoms with Gasteiger partial charge in [-0.3, -0.25) is 9.80 Å². The number of rotatable bonds is 0. The number of hydrogen-bond acceptors (Lipinski definition) is 3. The van der Waals surface area contributed by atoms with E-state index in [2.05, 4.69) is 115 Å². The number of allylic oxidation sites excluding steroid dienone is 1. The second kappa shape index (κ2) is 14.4. The van der Waals surface area contributed by atoms with Crippen molar-refractivity contribution >= 4 is 6.08 Å². The van der Waals surface area contributed by atoms with Gasteiger partial charge in [-0.15, -0.1) is 0 Å². The van der Waals surface area contributed by atoms with Gasteiger partial charge < -0.3 is 4.74 Å². The van der Waals surface area contributed by atoms with E-state index in [1.807, 2.05) is 0 Å². The lowest BCUT2D eigenvalue weighted by Crippen LogP contribution is -2.47. The third-order valence-electron chi connectivity index (χ3n) is 5.95. The molecule has 0 unspecified atom stereocenters. The lowest BCUT2D eigenvalue weighted by Gasteiger charge is -2.38. The SMILES string of the molecule is C1=Cc2ccccc2C1.CC(C)(C)C.CC(C)(C)N1CCCCC1.CC(C)(C)N1CCOCC1. The molecule has 0 saturated carbocycles. The maximum absolute atomic E-state index is 5.25. The summed E-state index contributed by atoms with van der Waals surface area (Å²) in [6.45, 7) is 29.0. The van der Waals surface area contributed by atoms with Gasteiger partial charge in [0.05, 0.1) is 13.2 Å². The van der Waals surface area contributed by atoms with E-state index in [-0.39, 0.29) is 0 Å². The van der Waals surface area contributed by atoms with Gasteiger partial charge in [-0.05, 0) is 90.4 Å². The summed E-state index contributed by atoms with van der Waals surface area (Å²) in [6.07, 6.45) is 9.73. The summed E-state index contributed by atoms with van der Waals surface area (Å²) in [7, 11) is 0. The Labute approximate surface area is 212 Å². The van der Waals surface area contributed by atoms with Crippen LogP contribution in [-0.4, -0.2) is 60.3 Å². The average Bonchev–Trinajstić information content (AvgIpc) is 3.23. The topological polar surface area (TPSA) is 15.7 Å². The smallest absolute Gasteiger partial charge is 0.0594 e. The van der Waals surface area contributed by atoms with Gasteiger partial charge in [-0.1, -0.05) is 70.5 Å². The van der Waals surface area contributed by atoms with Gasteiger partial charge in [0, 0.05) is 24.2 Å². The summed E-state index contributed by atoms with van der Waals surface area (Å²) in [4.78, 5) is 5.03. The van der Waals surface area contributed by atoms with Crippen molar-refractivity contribution in [3.8, 4) is 0 Å². The fourth-order valence-electron chi connectivity index (χ4n) is 3.99. The molecule has 0 radical (unpaired) electrons. The maximum Gasteiger partial charge on any atom is 0.0594 e. The molecule has 0 atom stereocenters. The molecular weight excluding hydrogens is 416 g/mol. The molecule has 1 aromatic carbocycles. The van der Waals surface area contributed by atoms with Crippen LogP contribution in [-0.2, 0) is 11.2 Å². The van der Waals surface area contributed by atoms with Crippen LogP contribution >= 0.6 is 0 Å². The average molecular weight is 473 g/mol. The van der Waals surface area contributed by atoms with Crippen molar-refractivity contribution in [3.63, 3.8) is 0 Å². The third kappa shape index (κ3) is 14.3. The lowest BCUT2D eigenvalue weighted by molar-refractivity contribution is -0.00389. The fourth-order valence-corrected chi connectivity index (χ4v) is 3.99. The first-order valence-electron chi connectivity index (χ1n) is 13.5. The molecule has 4 rings (SSSR count). The van der Waals surface area contributed by atoms with Crippen LogP contribution in [0.15, 0.2) is 30.3 Å². The van der Waals surface area contributed by atoms with Gasteiger partial charge in [0.2, 0.25) is 0 Å². The van der Waals surface area contributed by atoms with E-state index in [0.717, 1.165) is 32.7 Å². The molecular formula is C31H56N2O. The van der Waals surface area contributed by atoms with Crippen molar-refractivity contribution < 1.29 is 4.74 Å². The van der Waals surface area contributed by atoms with Crippen molar-refractivity contribution in [1.82, 2.24) is 9.80 Å². The van der Waals surface area contributed by atoms with Crippen molar-refractivity contribution in [2.24, 2.45) is 5.41 Å². The Hall–Kier alpha value is -1.16. The molecule has 0 amide bonds. The van der Waals surface area contributed by atoms with Crippen LogP contribution in [0, 0.1) is 5.41 Å². The second-order valence-corrected chi connectivity index (χ2v) is 13.3. The summed E-state index contributed by atoms with van der Waals surface area (Å²) in [5, 5.41) is 0. The van der Waals surface area contributed by atoms with Crippen LogP contribution in [0.1, 0.15) is 99.6 Å². The minimum absolute atomic E-state index is 0.323. The highest BCUT2D eigenvalue weighted by Crippen LogP contribution is 2.19. The first-order valence-corrected chi connectivity index (χ1v) is 13.5. The van der Waals surface area contributed by atoms with E-state index in [1.54, 1.807) is 0 Å². The van der Waals surface area contributed by atoms with E-state index in [4.69, 9.17) is 4.74 Å². The molecule has 0 N–H and O–H groups in total. The number of benzene rings is 1. The Morgan fingerprint density at radius 1 is 0.647 bits per heavy atom. The first kappa shape index (κ1) is 30.9. The number of nitrogens with zero attached hydrogens (tertiary/aromatic N) is 2. The van der Waals surface area contributed by atoms with E-state index >= 15 is 0 Å². The van der Waals surface area contributed by atoms with Crippen LogP contribution in [0.3, 0.4) is 0 Å². The zero-order valence-corrected chi connectivity index (χ0v) is 24.3. The van der Waals surface area contributed by atoms with Gasteiger partial charge in [-0.2, -0.15) is 0 Å². The molecule has 2 aliphatic heterocycles. The molecule has 3 aliphatic rings. The summed E-state index contributed by atoms with van der Waals surface area (Å²) < 4.78 is 5.25. The highest BCUT2D eigenvalue weighted by atomic mass is 16.5. The summed E-state index contributed by atoms with van der Waals surface area (Å²) >= 11 is 0. The molecule has 0 bridgehead atoms. The number of likely N-dealkylation sites (tertiary alicyclic amines) is 1. The van der Waals surface area contributed by atoms with Gasteiger partial charge in [0.1, 0.15) is 0 Å². The number of ether oxygens (including phenoxy) is 1. The van der Waals surface area contributed by atoms with Gasteiger partial charge in [0.25, 0.3) is 0 Å². The molecule has 3 nitrogen and oxygen atoms in total. The first-order chi connectivity index (χ1) is 15.7. The highest BCUT2D eigenvalue weighted by Gasteiger charge is 2.23. The van der Waals surface area contributed by atoms with E-state index in [1.165, 1.54) is 43.5 Å². The van der Waals surface area contributed by atoms with Crippen molar-refractivity contribution in [1.29, 1.82) is 0 Å². The summed E-state index contributed by atoms with van der Waals surface area (Å²) in [5.41, 5.74) is 4.07. The zero-order chi connectivity index (χ0) is 25.8. The molecule has 0 aromatic heterocycles. The summed E-state index contributed by atoms with van der Waals surface area (Å²) in [5.74, 6) is 0. The largest absolute Gasteiger partial charge is 0.379 e. The minimum Gasteiger partial charge on any atom is -0.379 e. The van der Waals surface area contributed by atoms with Crippen molar-refractivity contribution in [3.05, 3.63) is 41.5 Å². The molecule has 0 spiro atoms. The monoisotopic (exact) mass is 472 g/mol. The predicted octanol–water partition coefficient (Wildman–Crippen LogP) is 7.70. The number of hydrogen-bond donors (Lipinski definition) is 0. The van der Waals surface area contributed by atoms with Crippen molar-refractivity contribution in [2.45, 2.75) is 106 Å². The predicted molar refractivity (Wildman–Crippen MR) is 152 cm³/mol. The Kier molecular flexibility index (Phi) is 13.1. The van der Waals surface area contributed by atoms with Crippen LogP contribution in [0.25, 0.3) is 6.08 Å². The molecule has 2 saturated heterocycles. The Balaban J connectivity index is 0.000000233. The highest BCUT2D eigenvalue weighted by molar-refractivity contribution is 5.59. The standard InChI is InChI=1S/C9H19N.C9H8.C8H17NO.C5H12/c1-9(2,3)10-7-5-4-6-8-10;1-2-5-9-7-3-6-8(9)4-1;1-8(2,3)9-4-6-10-7-5-9;1-5(2,3)4/h4-8H2,1-3H3;1-6H,7H2;4-7H2,1-3H3;1-4H3. The number of piperidine rings is 1.